The van der Waals surface area contributed by atoms with Gasteiger partial charge < -0.3 is 15.0 Å². The van der Waals surface area contributed by atoms with E-state index >= 15 is 0 Å². The van der Waals surface area contributed by atoms with Crippen molar-refractivity contribution in [2.24, 2.45) is 0 Å². The van der Waals surface area contributed by atoms with Crippen LogP contribution >= 0.6 is 12.4 Å². The number of rotatable bonds is 2. The minimum atomic E-state index is -0.875. The molecule has 1 amide bonds. The minimum absolute atomic E-state index is 0. The molecule has 0 aromatic rings. The Morgan fingerprint density at radius 2 is 2.31 bits per heavy atom. The topological polar surface area (TPSA) is 41.6 Å². The van der Waals surface area contributed by atoms with Crippen LogP contribution in [0.2, 0.25) is 0 Å². The molecule has 2 aliphatic heterocycles. The Morgan fingerprint density at radius 1 is 1.56 bits per heavy atom. The standard InChI is InChI=1S/C10H17FN2O2.ClH/c1-15-8-2-3-13(6-8)10(14)9-4-7(11)5-12-9;/h7-9,12H,2-6H2,1H3;1H/t7-,8+,9+;/m0./s1. The van der Waals surface area contributed by atoms with Crippen molar-refractivity contribution in [3.05, 3.63) is 0 Å². The molecule has 2 aliphatic rings. The summed E-state index contributed by atoms with van der Waals surface area (Å²) in [7, 11) is 1.66. The van der Waals surface area contributed by atoms with Gasteiger partial charge in [0, 0.05) is 33.2 Å². The van der Waals surface area contributed by atoms with Gasteiger partial charge in [-0.3, -0.25) is 4.79 Å². The summed E-state index contributed by atoms with van der Waals surface area (Å²) < 4.78 is 18.1. The molecule has 3 atom stereocenters. The van der Waals surface area contributed by atoms with E-state index in [4.69, 9.17) is 4.74 Å². The number of hydrogen-bond acceptors (Lipinski definition) is 3. The largest absolute Gasteiger partial charge is 0.380 e. The van der Waals surface area contributed by atoms with Crippen LogP contribution in [0.25, 0.3) is 0 Å². The summed E-state index contributed by atoms with van der Waals surface area (Å²) in [5.74, 6) is 0.0229. The van der Waals surface area contributed by atoms with Crippen molar-refractivity contribution in [3.63, 3.8) is 0 Å². The first-order valence-electron chi connectivity index (χ1n) is 5.39. The SMILES string of the molecule is CO[C@@H]1CCN(C(=O)[C@H]2C[C@H](F)CN2)C1.Cl. The van der Waals surface area contributed by atoms with E-state index < -0.39 is 6.17 Å². The van der Waals surface area contributed by atoms with Gasteiger partial charge in [0.2, 0.25) is 5.91 Å². The van der Waals surface area contributed by atoms with Gasteiger partial charge in [-0.2, -0.15) is 0 Å². The number of nitrogens with one attached hydrogen (secondary N) is 1. The molecular weight excluding hydrogens is 235 g/mol. The average molecular weight is 253 g/mol. The Labute approximate surface area is 101 Å². The number of amides is 1. The first kappa shape index (κ1) is 13.7. The molecule has 4 nitrogen and oxygen atoms in total. The molecule has 0 bridgehead atoms. The molecule has 0 aromatic carbocycles. The van der Waals surface area contributed by atoms with E-state index in [-0.39, 0.29) is 30.5 Å². The van der Waals surface area contributed by atoms with Crippen LogP contribution in [0.15, 0.2) is 0 Å². The fraction of sp³-hybridized carbons (Fsp3) is 0.900. The van der Waals surface area contributed by atoms with Crippen molar-refractivity contribution < 1.29 is 13.9 Å². The first-order valence-corrected chi connectivity index (χ1v) is 5.39. The average Bonchev–Trinajstić information content (AvgIpc) is 2.84. The molecule has 2 rings (SSSR count). The predicted molar refractivity (Wildman–Crippen MR) is 60.5 cm³/mol. The summed E-state index contributed by atoms with van der Waals surface area (Å²) in [6.07, 6.45) is 0.470. The lowest BCUT2D eigenvalue weighted by molar-refractivity contribution is -0.132. The summed E-state index contributed by atoms with van der Waals surface area (Å²) in [6, 6.07) is -0.324. The third-order valence-electron chi connectivity index (χ3n) is 3.17. The zero-order valence-corrected chi connectivity index (χ0v) is 10.1. The number of ether oxygens (including phenoxy) is 1. The van der Waals surface area contributed by atoms with E-state index in [0.717, 1.165) is 13.0 Å². The van der Waals surface area contributed by atoms with Crippen LogP contribution in [-0.4, -0.2) is 55.9 Å². The van der Waals surface area contributed by atoms with E-state index in [2.05, 4.69) is 5.32 Å². The second-order valence-electron chi connectivity index (χ2n) is 4.22. The minimum Gasteiger partial charge on any atom is -0.380 e. The van der Waals surface area contributed by atoms with Gasteiger partial charge in [-0.05, 0) is 6.42 Å². The maximum absolute atomic E-state index is 12.9. The monoisotopic (exact) mass is 252 g/mol. The normalized spacial score (nSPS) is 33.9. The van der Waals surface area contributed by atoms with Crippen LogP contribution in [0.1, 0.15) is 12.8 Å². The fourth-order valence-corrected chi connectivity index (χ4v) is 2.22. The number of alkyl halides is 1. The lowest BCUT2D eigenvalue weighted by Crippen LogP contribution is -2.42. The molecule has 16 heavy (non-hydrogen) atoms. The van der Waals surface area contributed by atoms with E-state index in [0.29, 0.717) is 19.5 Å². The lowest BCUT2D eigenvalue weighted by Gasteiger charge is -2.20. The number of likely N-dealkylation sites (tertiary alicyclic amines) is 1. The van der Waals surface area contributed by atoms with Crippen molar-refractivity contribution in [3.8, 4) is 0 Å². The molecule has 2 heterocycles. The second kappa shape index (κ2) is 5.80. The molecule has 2 fully saturated rings. The van der Waals surface area contributed by atoms with Crippen LogP contribution in [-0.2, 0) is 9.53 Å². The van der Waals surface area contributed by atoms with Crippen LogP contribution in [0.5, 0.6) is 0 Å². The number of methoxy groups -OCH3 is 1. The zero-order valence-electron chi connectivity index (χ0n) is 9.32. The van der Waals surface area contributed by atoms with Gasteiger partial charge in [-0.25, -0.2) is 4.39 Å². The van der Waals surface area contributed by atoms with Crippen molar-refractivity contribution in [1.82, 2.24) is 10.2 Å². The van der Waals surface area contributed by atoms with Gasteiger partial charge in [0.05, 0.1) is 12.1 Å². The maximum Gasteiger partial charge on any atom is 0.239 e. The first-order chi connectivity index (χ1) is 7.20. The molecule has 6 heteroatoms. The predicted octanol–water partition coefficient (Wildman–Crippen LogP) is 0.355. The highest BCUT2D eigenvalue weighted by atomic mass is 35.5. The van der Waals surface area contributed by atoms with Crippen LogP contribution < -0.4 is 5.32 Å². The summed E-state index contributed by atoms with van der Waals surface area (Å²) in [5, 5.41) is 2.91. The summed E-state index contributed by atoms with van der Waals surface area (Å²) in [5.41, 5.74) is 0. The van der Waals surface area contributed by atoms with Crippen molar-refractivity contribution >= 4 is 18.3 Å². The summed E-state index contributed by atoms with van der Waals surface area (Å²) in [4.78, 5) is 13.7. The molecule has 0 unspecified atom stereocenters. The molecule has 0 aliphatic carbocycles. The van der Waals surface area contributed by atoms with E-state index in [1.807, 2.05) is 0 Å². The number of carbonyl (C=O) groups excluding carboxylic acids is 1. The quantitative estimate of drug-likeness (QED) is 0.772. The van der Waals surface area contributed by atoms with Crippen molar-refractivity contribution in [2.45, 2.75) is 31.2 Å². The molecule has 0 spiro atoms. The van der Waals surface area contributed by atoms with Gasteiger partial charge in [0.1, 0.15) is 6.17 Å². The van der Waals surface area contributed by atoms with Gasteiger partial charge in [0.25, 0.3) is 0 Å². The molecule has 94 valence electrons. The number of halogens is 2. The van der Waals surface area contributed by atoms with Crippen LogP contribution in [0, 0.1) is 0 Å². The molecule has 0 radical (unpaired) electrons. The lowest BCUT2D eigenvalue weighted by atomic mass is 10.2. The highest BCUT2D eigenvalue weighted by Gasteiger charge is 2.35. The Balaban J connectivity index is 0.00000128. The van der Waals surface area contributed by atoms with Crippen molar-refractivity contribution in [1.29, 1.82) is 0 Å². The van der Waals surface area contributed by atoms with Crippen LogP contribution in [0.3, 0.4) is 0 Å². The third kappa shape index (κ3) is 2.84. The number of hydrogen-bond donors (Lipinski definition) is 1. The molecule has 0 aromatic heterocycles. The Morgan fingerprint density at radius 3 is 2.81 bits per heavy atom. The Bertz CT molecular complexity index is 255. The van der Waals surface area contributed by atoms with Crippen LogP contribution in [0.4, 0.5) is 4.39 Å². The highest BCUT2D eigenvalue weighted by molar-refractivity contribution is 5.85. The van der Waals surface area contributed by atoms with E-state index in [1.165, 1.54) is 0 Å². The maximum atomic E-state index is 12.9. The van der Waals surface area contributed by atoms with Gasteiger partial charge >= 0.3 is 0 Å². The third-order valence-corrected chi connectivity index (χ3v) is 3.17. The second-order valence-corrected chi connectivity index (χ2v) is 4.22. The molecule has 0 saturated carbocycles. The Kier molecular flexibility index (Phi) is 4.95. The molecule has 2 saturated heterocycles. The molecule has 1 N–H and O–H groups in total. The summed E-state index contributed by atoms with van der Waals surface area (Å²) in [6.45, 7) is 1.68. The number of carbonyl (C=O) groups is 1. The van der Waals surface area contributed by atoms with E-state index in [9.17, 15) is 9.18 Å². The van der Waals surface area contributed by atoms with Gasteiger partial charge in [-0.15, -0.1) is 12.4 Å². The molecular formula is C10H18ClFN2O2. The zero-order chi connectivity index (χ0) is 10.8. The smallest absolute Gasteiger partial charge is 0.239 e. The summed E-state index contributed by atoms with van der Waals surface area (Å²) >= 11 is 0. The fourth-order valence-electron chi connectivity index (χ4n) is 2.22. The van der Waals surface area contributed by atoms with Gasteiger partial charge in [-0.1, -0.05) is 0 Å². The highest BCUT2D eigenvalue weighted by Crippen LogP contribution is 2.17. The van der Waals surface area contributed by atoms with Crippen molar-refractivity contribution in [2.75, 3.05) is 26.7 Å². The Hall–Kier alpha value is -0.390. The van der Waals surface area contributed by atoms with E-state index in [1.54, 1.807) is 12.0 Å². The number of nitrogens with zero attached hydrogens (tertiary/aromatic N) is 1. The van der Waals surface area contributed by atoms with Gasteiger partial charge in [0.15, 0.2) is 0 Å².